The molecule has 1 heterocycles. The standard InChI is InChI=1S/C22H22N4O2/c27-21-18-13-7-6-12-17(18)20(24-25-21)22(28)26-23-19(14-15-8-4-5-9-15)16-10-2-1-3-11-16/h1-3,6-7,10-13,15H,4-5,8-9,14H2,(H,25,27)(H,26,28)/b23-19+. The Labute approximate surface area is 162 Å². The number of hydrazone groups is 1. The van der Waals surface area contributed by atoms with Crippen LogP contribution >= 0.6 is 0 Å². The Balaban J connectivity index is 1.62. The molecule has 0 bridgehead atoms. The number of rotatable bonds is 5. The lowest BCUT2D eigenvalue weighted by Crippen LogP contribution is -2.24. The van der Waals surface area contributed by atoms with Crippen molar-refractivity contribution < 1.29 is 4.79 Å². The molecule has 6 nitrogen and oxygen atoms in total. The number of H-pyrrole nitrogens is 1. The average Bonchev–Trinajstić information content (AvgIpc) is 3.25. The van der Waals surface area contributed by atoms with E-state index in [1.807, 2.05) is 30.3 Å². The van der Waals surface area contributed by atoms with Gasteiger partial charge in [0.1, 0.15) is 0 Å². The van der Waals surface area contributed by atoms with Crippen molar-refractivity contribution in [2.45, 2.75) is 32.1 Å². The fourth-order valence-electron chi connectivity index (χ4n) is 3.81. The van der Waals surface area contributed by atoms with Gasteiger partial charge in [-0.05, 0) is 24.0 Å². The zero-order chi connectivity index (χ0) is 19.3. The molecule has 0 saturated heterocycles. The summed E-state index contributed by atoms with van der Waals surface area (Å²) in [6.07, 6.45) is 5.75. The number of aromatic nitrogens is 2. The van der Waals surface area contributed by atoms with Crippen molar-refractivity contribution in [3.8, 4) is 0 Å². The number of aromatic amines is 1. The lowest BCUT2D eigenvalue weighted by atomic mass is 9.96. The van der Waals surface area contributed by atoms with Gasteiger partial charge in [0.25, 0.3) is 11.5 Å². The van der Waals surface area contributed by atoms with Gasteiger partial charge in [0.15, 0.2) is 5.69 Å². The minimum atomic E-state index is -0.438. The van der Waals surface area contributed by atoms with E-state index < -0.39 is 5.91 Å². The van der Waals surface area contributed by atoms with E-state index in [-0.39, 0.29) is 11.3 Å². The molecule has 1 aromatic heterocycles. The van der Waals surface area contributed by atoms with Crippen molar-refractivity contribution >= 4 is 22.4 Å². The number of carbonyl (C=O) groups is 1. The molecular formula is C22H22N4O2. The van der Waals surface area contributed by atoms with Crippen LogP contribution in [0.2, 0.25) is 0 Å². The Morgan fingerprint density at radius 2 is 1.71 bits per heavy atom. The summed E-state index contributed by atoms with van der Waals surface area (Å²) in [5.74, 6) is 0.162. The van der Waals surface area contributed by atoms with Crippen LogP contribution in [-0.4, -0.2) is 21.8 Å². The predicted octanol–water partition coefficient (Wildman–Crippen LogP) is 3.64. The summed E-state index contributed by atoms with van der Waals surface area (Å²) in [6, 6.07) is 16.8. The number of hydrogen-bond acceptors (Lipinski definition) is 4. The Morgan fingerprint density at radius 1 is 1.04 bits per heavy atom. The first-order valence-corrected chi connectivity index (χ1v) is 9.62. The van der Waals surface area contributed by atoms with Gasteiger partial charge < -0.3 is 0 Å². The highest BCUT2D eigenvalue weighted by Gasteiger charge is 2.19. The molecular weight excluding hydrogens is 352 g/mol. The first-order valence-electron chi connectivity index (χ1n) is 9.62. The van der Waals surface area contributed by atoms with Crippen molar-refractivity contribution in [2.24, 2.45) is 11.0 Å². The molecule has 0 aliphatic heterocycles. The highest BCUT2D eigenvalue weighted by atomic mass is 16.2. The fraction of sp³-hybridized carbons (Fsp3) is 0.273. The predicted molar refractivity (Wildman–Crippen MR) is 109 cm³/mol. The summed E-state index contributed by atoms with van der Waals surface area (Å²) in [5.41, 5.74) is 4.37. The summed E-state index contributed by atoms with van der Waals surface area (Å²) in [7, 11) is 0. The summed E-state index contributed by atoms with van der Waals surface area (Å²) in [5, 5.41) is 11.7. The molecule has 2 aromatic carbocycles. The van der Waals surface area contributed by atoms with Crippen molar-refractivity contribution in [3.05, 3.63) is 76.2 Å². The smallest absolute Gasteiger partial charge is 0.267 e. The molecule has 142 valence electrons. The maximum absolute atomic E-state index is 12.7. The van der Waals surface area contributed by atoms with Gasteiger partial charge in [-0.25, -0.2) is 10.5 Å². The van der Waals surface area contributed by atoms with Gasteiger partial charge in [0.2, 0.25) is 0 Å². The Morgan fingerprint density at radius 3 is 2.46 bits per heavy atom. The Hall–Kier alpha value is -3.28. The molecule has 3 aromatic rings. The van der Waals surface area contributed by atoms with Crippen molar-refractivity contribution in [2.75, 3.05) is 0 Å². The Bertz CT molecular complexity index is 1070. The average molecular weight is 374 g/mol. The minimum absolute atomic E-state index is 0.159. The minimum Gasteiger partial charge on any atom is -0.267 e. The van der Waals surface area contributed by atoms with Crippen molar-refractivity contribution in [3.63, 3.8) is 0 Å². The van der Waals surface area contributed by atoms with Crippen molar-refractivity contribution in [1.29, 1.82) is 0 Å². The second kappa shape index (κ2) is 8.17. The first kappa shape index (κ1) is 18.1. The van der Waals surface area contributed by atoms with Crippen LogP contribution in [0.3, 0.4) is 0 Å². The van der Waals surface area contributed by atoms with E-state index in [4.69, 9.17) is 0 Å². The van der Waals surface area contributed by atoms with E-state index >= 15 is 0 Å². The number of amides is 1. The zero-order valence-corrected chi connectivity index (χ0v) is 15.5. The first-order chi connectivity index (χ1) is 13.7. The van der Waals surface area contributed by atoms with Crippen LogP contribution in [0, 0.1) is 5.92 Å². The van der Waals surface area contributed by atoms with Gasteiger partial charge in [-0.2, -0.15) is 10.2 Å². The quantitative estimate of drug-likeness (QED) is 0.528. The van der Waals surface area contributed by atoms with E-state index in [0.717, 1.165) is 17.7 Å². The fourth-order valence-corrected chi connectivity index (χ4v) is 3.81. The SMILES string of the molecule is O=C(N/N=C(\CC1CCCC1)c1ccccc1)c1n[nH]c(=O)c2ccccc12. The lowest BCUT2D eigenvalue weighted by molar-refractivity contribution is 0.0950. The molecule has 4 rings (SSSR count). The molecule has 0 unspecified atom stereocenters. The van der Waals surface area contributed by atoms with Crippen LogP contribution in [0.25, 0.3) is 10.8 Å². The van der Waals surface area contributed by atoms with E-state index in [1.54, 1.807) is 24.3 Å². The summed E-state index contributed by atoms with van der Waals surface area (Å²) < 4.78 is 0. The summed E-state index contributed by atoms with van der Waals surface area (Å²) >= 11 is 0. The largest absolute Gasteiger partial charge is 0.292 e. The number of nitrogens with one attached hydrogen (secondary N) is 2. The number of hydrogen-bond donors (Lipinski definition) is 2. The van der Waals surface area contributed by atoms with Gasteiger partial charge in [-0.15, -0.1) is 0 Å². The third-order valence-electron chi connectivity index (χ3n) is 5.27. The second-order valence-electron chi connectivity index (χ2n) is 7.17. The monoisotopic (exact) mass is 374 g/mol. The molecule has 0 spiro atoms. The maximum atomic E-state index is 12.7. The third kappa shape index (κ3) is 3.86. The van der Waals surface area contributed by atoms with Crippen molar-refractivity contribution in [1.82, 2.24) is 15.6 Å². The summed E-state index contributed by atoms with van der Waals surface area (Å²) in [4.78, 5) is 24.7. The van der Waals surface area contributed by atoms with Crippen LogP contribution in [0.4, 0.5) is 0 Å². The van der Waals surface area contributed by atoms with E-state index in [1.165, 1.54) is 25.7 Å². The van der Waals surface area contributed by atoms with Gasteiger partial charge >= 0.3 is 0 Å². The molecule has 1 aliphatic carbocycles. The van der Waals surface area contributed by atoms with E-state index in [2.05, 4.69) is 20.7 Å². The molecule has 28 heavy (non-hydrogen) atoms. The maximum Gasteiger partial charge on any atom is 0.292 e. The van der Waals surface area contributed by atoms with Gasteiger partial charge in [-0.3, -0.25) is 9.59 Å². The third-order valence-corrected chi connectivity index (χ3v) is 5.27. The topological polar surface area (TPSA) is 87.2 Å². The van der Waals surface area contributed by atoms with Crippen LogP contribution in [-0.2, 0) is 0 Å². The van der Waals surface area contributed by atoms with E-state index in [9.17, 15) is 9.59 Å². The molecule has 1 amide bonds. The van der Waals surface area contributed by atoms with Crippen LogP contribution in [0.15, 0.2) is 64.5 Å². The van der Waals surface area contributed by atoms with Crippen LogP contribution in [0.1, 0.15) is 48.2 Å². The van der Waals surface area contributed by atoms with Crippen LogP contribution in [0.5, 0.6) is 0 Å². The normalized spacial score (nSPS) is 15.1. The number of fused-ring (bicyclic) bond motifs is 1. The van der Waals surface area contributed by atoms with Gasteiger partial charge in [0, 0.05) is 5.39 Å². The number of benzene rings is 2. The molecule has 0 atom stereocenters. The zero-order valence-electron chi connectivity index (χ0n) is 15.5. The molecule has 2 N–H and O–H groups in total. The Kier molecular flexibility index (Phi) is 5.28. The number of carbonyl (C=O) groups excluding carboxylic acids is 1. The highest BCUT2D eigenvalue weighted by molar-refractivity contribution is 6.06. The highest BCUT2D eigenvalue weighted by Crippen LogP contribution is 2.29. The molecule has 1 saturated carbocycles. The molecule has 1 aliphatic rings. The summed E-state index contributed by atoms with van der Waals surface area (Å²) in [6.45, 7) is 0. The van der Waals surface area contributed by atoms with E-state index in [0.29, 0.717) is 16.7 Å². The van der Waals surface area contributed by atoms with Gasteiger partial charge in [-0.1, -0.05) is 74.2 Å². The molecule has 0 radical (unpaired) electrons. The van der Waals surface area contributed by atoms with Crippen LogP contribution < -0.4 is 11.0 Å². The van der Waals surface area contributed by atoms with Gasteiger partial charge in [0.05, 0.1) is 11.1 Å². The lowest BCUT2D eigenvalue weighted by Gasteiger charge is -2.12. The molecule has 1 fully saturated rings. The number of nitrogens with zero attached hydrogens (tertiary/aromatic N) is 2. The second-order valence-corrected chi connectivity index (χ2v) is 7.17. The molecule has 6 heteroatoms.